The van der Waals surface area contributed by atoms with Crippen LogP contribution in [-0.4, -0.2) is 36.0 Å². The van der Waals surface area contributed by atoms with Gasteiger partial charge in [0.25, 0.3) is 5.91 Å². The minimum atomic E-state index is -0.340. The Bertz CT molecular complexity index is 1030. The first kappa shape index (κ1) is 20.8. The monoisotopic (exact) mass is 419 g/mol. The topological polar surface area (TPSA) is 54.5 Å². The lowest BCUT2D eigenvalue weighted by atomic mass is 9.90. The van der Waals surface area contributed by atoms with Gasteiger partial charge in [0.2, 0.25) is 0 Å². The summed E-state index contributed by atoms with van der Waals surface area (Å²) in [6, 6.07) is 17.8. The minimum absolute atomic E-state index is 0.0464. The number of halogens is 1. The molecule has 1 amide bonds. The number of hydrogen-bond acceptors (Lipinski definition) is 4. The highest BCUT2D eigenvalue weighted by molar-refractivity contribution is 5.99. The van der Waals surface area contributed by atoms with Crippen LogP contribution in [0.25, 0.3) is 0 Å². The quantitative estimate of drug-likeness (QED) is 0.606. The number of ether oxygens (including phenoxy) is 1. The number of hydrogen-bond donors (Lipinski definition) is 1. The number of carbonyl (C=O) groups is 1. The molecule has 0 unspecified atom stereocenters. The third kappa shape index (κ3) is 5.20. The van der Waals surface area contributed by atoms with Crippen molar-refractivity contribution in [2.75, 3.05) is 25.5 Å². The number of amides is 1. The molecule has 5 nitrogen and oxygen atoms in total. The van der Waals surface area contributed by atoms with Crippen molar-refractivity contribution in [2.24, 2.45) is 5.92 Å². The number of nitrogens with one attached hydrogen (secondary N) is 1. The van der Waals surface area contributed by atoms with Gasteiger partial charge in [-0.2, -0.15) is 0 Å². The molecule has 6 heteroatoms. The molecule has 1 N–H and O–H groups in total. The number of rotatable bonds is 6. The zero-order chi connectivity index (χ0) is 21.6. The fourth-order valence-corrected chi connectivity index (χ4v) is 3.99. The van der Waals surface area contributed by atoms with E-state index in [2.05, 4.69) is 22.4 Å². The number of benzene rings is 2. The van der Waals surface area contributed by atoms with Crippen LogP contribution < -0.4 is 10.1 Å². The summed E-state index contributed by atoms with van der Waals surface area (Å²) in [6.45, 7) is 1.43. The standard InChI is InChI=1S/C25H26FN3O2/c1-31-22-9-7-18(8-10-22)16-19-11-14-29(15-12-19)25(30)23-6-3-13-27-24(23)28-21-5-2-4-20(26)17-21/h2-10,13,17,19H,11-12,14-16H2,1H3,(H,27,28). The van der Waals surface area contributed by atoms with Crippen LogP contribution in [0.2, 0.25) is 0 Å². The van der Waals surface area contributed by atoms with Crippen LogP contribution >= 0.6 is 0 Å². The Morgan fingerprint density at radius 3 is 2.61 bits per heavy atom. The number of methoxy groups -OCH3 is 1. The summed E-state index contributed by atoms with van der Waals surface area (Å²) >= 11 is 0. The summed E-state index contributed by atoms with van der Waals surface area (Å²) in [6.07, 6.45) is 4.56. The zero-order valence-electron chi connectivity index (χ0n) is 17.6. The first-order chi connectivity index (χ1) is 15.1. The van der Waals surface area contributed by atoms with Crippen LogP contribution in [0, 0.1) is 11.7 Å². The number of anilines is 2. The van der Waals surface area contributed by atoms with Crippen LogP contribution in [0.4, 0.5) is 15.9 Å². The van der Waals surface area contributed by atoms with Crippen LogP contribution in [0.15, 0.2) is 66.9 Å². The Labute approximate surface area is 181 Å². The summed E-state index contributed by atoms with van der Waals surface area (Å²) in [5, 5.41) is 3.08. The first-order valence-electron chi connectivity index (χ1n) is 10.5. The molecular weight excluding hydrogens is 393 g/mol. The smallest absolute Gasteiger partial charge is 0.257 e. The second-order valence-corrected chi connectivity index (χ2v) is 7.82. The second-order valence-electron chi connectivity index (χ2n) is 7.82. The van der Waals surface area contributed by atoms with Gasteiger partial charge in [-0.05, 0) is 73.2 Å². The number of aromatic nitrogens is 1. The molecule has 1 aliphatic rings. The third-order valence-electron chi connectivity index (χ3n) is 5.71. The average molecular weight is 420 g/mol. The molecule has 0 aliphatic carbocycles. The van der Waals surface area contributed by atoms with Gasteiger partial charge >= 0.3 is 0 Å². The van der Waals surface area contributed by atoms with Gasteiger partial charge in [0.05, 0.1) is 12.7 Å². The summed E-state index contributed by atoms with van der Waals surface area (Å²) in [4.78, 5) is 19.4. The summed E-state index contributed by atoms with van der Waals surface area (Å²) in [5.74, 6) is 1.47. The number of carbonyl (C=O) groups excluding carboxylic acids is 1. The van der Waals surface area contributed by atoms with Gasteiger partial charge in [0, 0.05) is 25.0 Å². The molecule has 160 valence electrons. The molecule has 0 radical (unpaired) electrons. The molecule has 0 bridgehead atoms. The van der Waals surface area contributed by atoms with Gasteiger partial charge in [0.1, 0.15) is 17.4 Å². The molecule has 2 heterocycles. The Morgan fingerprint density at radius 2 is 1.90 bits per heavy atom. The number of nitrogens with zero attached hydrogens (tertiary/aromatic N) is 2. The van der Waals surface area contributed by atoms with Crippen molar-refractivity contribution >= 4 is 17.4 Å². The van der Waals surface area contributed by atoms with E-state index in [4.69, 9.17) is 4.74 Å². The average Bonchev–Trinajstić information content (AvgIpc) is 2.80. The lowest BCUT2D eigenvalue weighted by Crippen LogP contribution is -2.39. The summed E-state index contributed by atoms with van der Waals surface area (Å²) in [7, 11) is 1.67. The Hall–Kier alpha value is -3.41. The molecule has 0 spiro atoms. The van der Waals surface area contributed by atoms with Gasteiger partial charge in [-0.15, -0.1) is 0 Å². The van der Waals surface area contributed by atoms with Gasteiger partial charge in [0.15, 0.2) is 0 Å². The third-order valence-corrected chi connectivity index (χ3v) is 5.71. The maximum Gasteiger partial charge on any atom is 0.257 e. The SMILES string of the molecule is COc1ccc(CC2CCN(C(=O)c3cccnc3Nc3cccc(F)c3)CC2)cc1. The molecule has 1 aromatic heterocycles. The lowest BCUT2D eigenvalue weighted by Gasteiger charge is -2.32. The van der Waals surface area contributed by atoms with Gasteiger partial charge in [-0.25, -0.2) is 9.37 Å². The summed E-state index contributed by atoms with van der Waals surface area (Å²) in [5.41, 5.74) is 2.35. The molecule has 1 fully saturated rings. The van der Waals surface area contributed by atoms with E-state index in [1.54, 1.807) is 37.6 Å². The van der Waals surface area contributed by atoms with Crippen LogP contribution in [0.5, 0.6) is 5.75 Å². The number of likely N-dealkylation sites (tertiary alicyclic amines) is 1. The van der Waals surface area contributed by atoms with Crippen molar-refractivity contribution in [3.05, 3.63) is 83.8 Å². The van der Waals surface area contributed by atoms with E-state index in [0.29, 0.717) is 36.1 Å². The molecular formula is C25H26FN3O2. The van der Waals surface area contributed by atoms with Gasteiger partial charge < -0.3 is 15.0 Å². The molecule has 3 aromatic rings. The molecule has 2 aromatic carbocycles. The lowest BCUT2D eigenvalue weighted by molar-refractivity contribution is 0.0691. The minimum Gasteiger partial charge on any atom is -0.497 e. The van der Waals surface area contributed by atoms with Crippen LogP contribution in [0.3, 0.4) is 0 Å². The number of pyridine rings is 1. The van der Waals surface area contributed by atoms with Crippen molar-refractivity contribution in [3.8, 4) is 5.75 Å². The number of piperidine rings is 1. The van der Waals surface area contributed by atoms with E-state index < -0.39 is 0 Å². The molecule has 1 aliphatic heterocycles. The molecule has 4 rings (SSSR count). The van der Waals surface area contributed by atoms with Crippen molar-refractivity contribution in [1.29, 1.82) is 0 Å². The normalized spacial score (nSPS) is 14.3. The maximum absolute atomic E-state index is 13.5. The molecule has 31 heavy (non-hydrogen) atoms. The van der Waals surface area contributed by atoms with E-state index in [1.807, 2.05) is 17.0 Å². The fourth-order valence-electron chi connectivity index (χ4n) is 3.99. The zero-order valence-corrected chi connectivity index (χ0v) is 17.6. The largest absolute Gasteiger partial charge is 0.497 e. The second kappa shape index (κ2) is 9.60. The van der Waals surface area contributed by atoms with Crippen molar-refractivity contribution < 1.29 is 13.9 Å². The van der Waals surface area contributed by atoms with Gasteiger partial charge in [-0.3, -0.25) is 4.79 Å². The van der Waals surface area contributed by atoms with E-state index in [-0.39, 0.29) is 11.7 Å². The molecule has 0 atom stereocenters. The predicted octanol–water partition coefficient (Wildman–Crippen LogP) is 5.07. The van der Waals surface area contributed by atoms with Crippen molar-refractivity contribution in [2.45, 2.75) is 19.3 Å². The highest BCUT2D eigenvalue weighted by atomic mass is 19.1. The van der Waals surface area contributed by atoms with E-state index in [0.717, 1.165) is 25.0 Å². The fraction of sp³-hybridized carbons (Fsp3) is 0.280. The Balaban J connectivity index is 1.38. The van der Waals surface area contributed by atoms with Gasteiger partial charge in [-0.1, -0.05) is 18.2 Å². The first-order valence-corrected chi connectivity index (χ1v) is 10.5. The Kier molecular flexibility index (Phi) is 6.46. The van der Waals surface area contributed by atoms with Crippen LogP contribution in [-0.2, 0) is 6.42 Å². The highest BCUT2D eigenvalue weighted by Crippen LogP contribution is 2.26. The van der Waals surface area contributed by atoms with Crippen molar-refractivity contribution in [3.63, 3.8) is 0 Å². The van der Waals surface area contributed by atoms with E-state index >= 15 is 0 Å². The Morgan fingerprint density at radius 1 is 1.13 bits per heavy atom. The van der Waals surface area contributed by atoms with Crippen molar-refractivity contribution in [1.82, 2.24) is 9.88 Å². The predicted molar refractivity (Wildman–Crippen MR) is 119 cm³/mol. The molecule has 1 saturated heterocycles. The maximum atomic E-state index is 13.5. The molecule has 0 saturated carbocycles. The van der Waals surface area contributed by atoms with E-state index in [9.17, 15) is 9.18 Å². The van der Waals surface area contributed by atoms with Crippen LogP contribution in [0.1, 0.15) is 28.8 Å². The summed E-state index contributed by atoms with van der Waals surface area (Å²) < 4.78 is 18.7. The highest BCUT2D eigenvalue weighted by Gasteiger charge is 2.25. The van der Waals surface area contributed by atoms with E-state index in [1.165, 1.54) is 17.7 Å².